The van der Waals surface area contributed by atoms with Crippen LogP contribution in [0.5, 0.6) is 0 Å². The van der Waals surface area contributed by atoms with Gasteiger partial charge in [0.15, 0.2) is 0 Å². The molecule has 1 atom stereocenters. The molecular formula is C17H29O2P. The van der Waals surface area contributed by atoms with Crippen molar-refractivity contribution in [1.82, 2.24) is 0 Å². The Kier molecular flexibility index (Phi) is 9.49. The van der Waals surface area contributed by atoms with E-state index < -0.39 is 5.97 Å². The van der Waals surface area contributed by atoms with Gasteiger partial charge in [0.1, 0.15) is 0 Å². The van der Waals surface area contributed by atoms with E-state index in [0.29, 0.717) is 13.5 Å². The summed E-state index contributed by atoms with van der Waals surface area (Å²) in [7, 11) is 0.372. The maximum atomic E-state index is 11.0. The van der Waals surface area contributed by atoms with E-state index in [0.717, 1.165) is 18.4 Å². The summed E-state index contributed by atoms with van der Waals surface area (Å²) in [6.45, 7) is 2.26. The van der Waals surface area contributed by atoms with E-state index in [4.69, 9.17) is 5.11 Å². The van der Waals surface area contributed by atoms with Crippen molar-refractivity contribution in [2.45, 2.75) is 77.6 Å². The zero-order valence-electron chi connectivity index (χ0n) is 12.8. The smallest absolute Gasteiger partial charge is 0.339 e. The third kappa shape index (κ3) is 7.14. The molecule has 0 aromatic carbocycles. The number of hydrogen-bond acceptors (Lipinski definition) is 1. The SMILES string of the molecule is CCCCCCCCCCCCc1cc[pH]c1C(=O)O. The second kappa shape index (κ2) is 11.0. The Balaban J connectivity index is 1.97. The minimum absolute atomic E-state index is 0.372. The summed E-state index contributed by atoms with van der Waals surface area (Å²) in [4.78, 5) is 11.0. The lowest BCUT2D eigenvalue weighted by atomic mass is 10.0. The molecule has 2 nitrogen and oxygen atoms in total. The highest BCUT2D eigenvalue weighted by Crippen LogP contribution is 2.23. The van der Waals surface area contributed by atoms with Crippen molar-refractivity contribution in [3.8, 4) is 0 Å². The topological polar surface area (TPSA) is 37.3 Å². The van der Waals surface area contributed by atoms with Gasteiger partial charge in [0, 0.05) is 0 Å². The Morgan fingerprint density at radius 3 is 2.10 bits per heavy atom. The highest BCUT2D eigenvalue weighted by molar-refractivity contribution is 7.31. The Bertz CT molecular complexity index is 371. The molecule has 1 aromatic heterocycles. The van der Waals surface area contributed by atoms with Crippen LogP contribution in [0.1, 0.15) is 86.8 Å². The molecule has 1 heterocycles. The van der Waals surface area contributed by atoms with Gasteiger partial charge in [-0.3, -0.25) is 0 Å². The van der Waals surface area contributed by atoms with Crippen LogP contribution in [0.3, 0.4) is 0 Å². The molecule has 0 radical (unpaired) electrons. The lowest BCUT2D eigenvalue weighted by Gasteiger charge is -2.03. The minimum atomic E-state index is -0.726. The average Bonchev–Trinajstić information content (AvgIpc) is 2.89. The van der Waals surface area contributed by atoms with E-state index >= 15 is 0 Å². The molecule has 0 fully saturated rings. The van der Waals surface area contributed by atoms with Gasteiger partial charge >= 0.3 is 5.97 Å². The molecule has 0 bridgehead atoms. The van der Waals surface area contributed by atoms with Gasteiger partial charge in [-0.05, 0) is 24.2 Å². The number of unbranched alkanes of at least 4 members (excludes halogenated alkanes) is 9. The number of aromatic carboxylic acids is 1. The van der Waals surface area contributed by atoms with E-state index in [9.17, 15) is 4.79 Å². The van der Waals surface area contributed by atoms with Crippen molar-refractivity contribution >= 4 is 14.2 Å². The van der Waals surface area contributed by atoms with Gasteiger partial charge in [-0.15, -0.1) is 8.19 Å². The highest BCUT2D eigenvalue weighted by atomic mass is 31.0. The Labute approximate surface area is 125 Å². The molecule has 20 heavy (non-hydrogen) atoms. The van der Waals surface area contributed by atoms with Crippen molar-refractivity contribution in [3.63, 3.8) is 0 Å². The molecule has 0 spiro atoms. The number of rotatable bonds is 12. The monoisotopic (exact) mass is 296 g/mol. The molecular weight excluding hydrogens is 267 g/mol. The molecule has 1 unspecified atom stereocenters. The fraction of sp³-hybridized carbons (Fsp3) is 0.706. The van der Waals surface area contributed by atoms with Gasteiger partial charge in [0.2, 0.25) is 0 Å². The fourth-order valence-corrected chi connectivity index (χ4v) is 3.58. The van der Waals surface area contributed by atoms with Crippen LogP contribution in [-0.2, 0) is 6.42 Å². The molecule has 0 saturated carbocycles. The first kappa shape index (κ1) is 17.3. The van der Waals surface area contributed by atoms with Crippen molar-refractivity contribution in [3.05, 3.63) is 22.7 Å². The van der Waals surface area contributed by atoms with Crippen molar-refractivity contribution in [1.29, 1.82) is 0 Å². The molecule has 1 rings (SSSR count). The largest absolute Gasteiger partial charge is 0.477 e. The van der Waals surface area contributed by atoms with Crippen molar-refractivity contribution < 1.29 is 9.90 Å². The molecule has 0 aliphatic carbocycles. The predicted octanol–water partition coefficient (Wildman–Crippen LogP) is 5.88. The summed E-state index contributed by atoms with van der Waals surface area (Å²) in [5.41, 5.74) is 1.07. The first-order valence-corrected chi connectivity index (χ1v) is 9.23. The fourth-order valence-electron chi connectivity index (χ4n) is 2.61. The molecule has 1 aromatic rings. The quantitative estimate of drug-likeness (QED) is 0.489. The Morgan fingerprint density at radius 2 is 1.55 bits per heavy atom. The maximum absolute atomic E-state index is 11.0. The van der Waals surface area contributed by atoms with Crippen LogP contribution in [0.2, 0.25) is 0 Å². The Morgan fingerprint density at radius 1 is 1.00 bits per heavy atom. The summed E-state index contributed by atoms with van der Waals surface area (Å²) in [6, 6.07) is 2.01. The predicted molar refractivity (Wildman–Crippen MR) is 88.5 cm³/mol. The third-order valence-corrected chi connectivity index (χ3v) is 5.00. The lowest BCUT2D eigenvalue weighted by Crippen LogP contribution is -1.97. The first-order chi connectivity index (χ1) is 9.75. The number of carboxylic acids is 1. The molecule has 114 valence electrons. The number of aryl methyl sites for hydroxylation is 1. The number of carboxylic acid groups (broad SMARTS) is 1. The van der Waals surface area contributed by atoms with E-state index in [2.05, 4.69) is 6.92 Å². The van der Waals surface area contributed by atoms with Crippen molar-refractivity contribution in [2.75, 3.05) is 0 Å². The molecule has 0 aliphatic rings. The van der Waals surface area contributed by atoms with Gasteiger partial charge < -0.3 is 5.11 Å². The third-order valence-electron chi connectivity index (χ3n) is 3.85. The van der Waals surface area contributed by atoms with Gasteiger partial charge in [0.25, 0.3) is 0 Å². The van der Waals surface area contributed by atoms with Gasteiger partial charge in [0.05, 0.1) is 5.30 Å². The number of hydrogen-bond donors (Lipinski definition) is 1. The maximum Gasteiger partial charge on any atom is 0.339 e. The van der Waals surface area contributed by atoms with E-state index in [1.165, 1.54) is 57.8 Å². The molecule has 0 aliphatic heterocycles. The van der Waals surface area contributed by atoms with Crippen LogP contribution >= 0.6 is 8.19 Å². The molecule has 1 N–H and O–H groups in total. The van der Waals surface area contributed by atoms with E-state index in [1.807, 2.05) is 11.9 Å². The summed E-state index contributed by atoms with van der Waals surface area (Å²) < 4.78 is 0. The van der Waals surface area contributed by atoms with Crippen LogP contribution in [0.15, 0.2) is 11.9 Å². The van der Waals surface area contributed by atoms with Crippen LogP contribution in [0.25, 0.3) is 0 Å². The first-order valence-electron chi connectivity index (χ1n) is 8.15. The number of carbonyl (C=O) groups is 1. The average molecular weight is 296 g/mol. The second-order valence-electron chi connectivity index (χ2n) is 5.62. The summed E-state index contributed by atoms with van der Waals surface area (Å²) in [6.07, 6.45) is 14.2. The van der Waals surface area contributed by atoms with Crippen LogP contribution in [-0.4, -0.2) is 11.1 Å². The Hall–Kier alpha value is -0.750. The molecule has 3 heteroatoms. The zero-order valence-corrected chi connectivity index (χ0v) is 13.8. The molecule has 0 amide bonds. The summed E-state index contributed by atoms with van der Waals surface area (Å²) >= 11 is 0. The standard InChI is InChI=1S/C17H29O2P/c1-2-3-4-5-6-7-8-9-10-11-12-15-13-14-20-16(15)17(18)19/h13-14,20H,2-12H2,1H3,(H,18,19). The normalized spacial score (nSPS) is 11.2. The summed E-state index contributed by atoms with van der Waals surface area (Å²) in [5.74, 6) is 1.27. The van der Waals surface area contributed by atoms with E-state index in [-0.39, 0.29) is 0 Å². The summed E-state index contributed by atoms with van der Waals surface area (Å²) in [5, 5.41) is 9.69. The van der Waals surface area contributed by atoms with Gasteiger partial charge in [-0.25, -0.2) is 4.79 Å². The zero-order chi connectivity index (χ0) is 14.6. The minimum Gasteiger partial charge on any atom is -0.477 e. The van der Waals surface area contributed by atoms with Crippen LogP contribution in [0.4, 0.5) is 0 Å². The molecule has 0 saturated heterocycles. The van der Waals surface area contributed by atoms with Gasteiger partial charge in [-0.2, -0.15) is 0 Å². The van der Waals surface area contributed by atoms with E-state index in [1.54, 1.807) is 0 Å². The second-order valence-corrected chi connectivity index (χ2v) is 6.74. The van der Waals surface area contributed by atoms with Gasteiger partial charge in [-0.1, -0.05) is 70.8 Å². The van der Waals surface area contributed by atoms with Crippen molar-refractivity contribution in [2.24, 2.45) is 0 Å². The van der Waals surface area contributed by atoms with Crippen LogP contribution < -0.4 is 0 Å². The lowest BCUT2D eigenvalue weighted by molar-refractivity contribution is 0.0701. The van der Waals surface area contributed by atoms with Crippen LogP contribution in [0, 0.1) is 0 Å². The highest BCUT2D eigenvalue weighted by Gasteiger charge is 2.09.